The minimum absolute atomic E-state index is 0.0244. The van der Waals surface area contributed by atoms with Gasteiger partial charge in [0.25, 0.3) is 0 Å². The molecule has 0 spiro atoms. The third-order valence-corrected chi connectivity index (χ3v) is 2.97. The summed E-state index contributed by atoms with van der Waals surface area (Å²) in [6.45, 7) is 0.349. The average Bonchev–Trinajstić information content (AvgIpc) is 2.99. The van der Waals surface area contributed by atoms with E-state index in [4.69, 9.17) is 0 Å². The Balaban J connectivity index is 1.84. The maximum Gasteiger partial charge on any atom is 0.315 e. The van der Waals surface area contributed by atoms with E-state index in [0.717, 1.165) is 5.56 Å². The molecule has 7 heteroatoms. The molecule has 1 heterocycles. The molecule has 0 fully saturated rings. The molecule has 0 bridgehead atoms. The zero-order chi connectivity index (χ0) is 15.1. The van der Waals surface area contributed by atoms with Crippen molar-refractivity contribution in [1.29, 1.82) is 0 Å². The smallest absolute Gasteiger partial charge is 0.315 e. The summed E-state index contributed by atoms with van der Waals surface area (Å²) in [5.41, 5.74) is 1.49. The molecule has 110 valence electrons. The van der Waals surface area contributed by atoms with Crippen LogP contribution in [0.2, 0.25) is 0 Å². The number of rotatable bonds is 6. The summed E-state index contributed by atoms with van der Waals surface area (Å²) in [5.74, 6) is -1.75. The fourth-order valence-electron chi connectivity index (χ4n) is 1.85. The Bertz CT molecular complexity index is 584. The van der Waals surface area contributed by atoms with Gasteiger partial charge in [-0.1, -0.05) is 30.3 Å². The van der Waals surface area contributed by atoms with Gasteiger partial charge in [-0.3, -0.25) is 9.89 Å². The molecule has 0 aliphatic carbocycles. The van der Waals surface area contributed by atoms with Crippen molar-refractivity contribution in [2.45, 2.75) is 12.5 Å². The van der Waals surface area contributed by atoms with Crippen molar-refractivity contribution in [3.05, 3.63) is 53.9 Å². The molecule has 1 aromatic heterocycles. The highest BCUT2D eigenvalue weighted by atomic mass is 16.4. The van der Waals surface area contributed by atoms with Crippen molar-refractivity contribution in [2.24, 2.45) is 0 Å². The maximum absolute atomic E-state index is 11.7. The quantitative estimate of drug-likeness (QED) is 0.638. The monoisotopic (exact) mass is 288 g/mol. The van der Waals surface area contributed by atoms with Crippen LogP contribution in [-0.2, 0) is 11.3 Å². The number of aliphatic carboxylic acids is 1. The number of carboxylic acids is 1. The van der Waals surface area contributed by atoms with Crippen molar-refractivity contribution in [1.82, 2.24) is 20.8 Å². The Morgan fingerprint density at radius 2 is 2.00 bits per heavy atom. The van der Waals surface area contributed by atoms with Gasteiger partial charge in [-0.05, 0) is 5.56 Å². The number of amides is 2. The van der Waals surface area contributed by atoms with Crippen LogP contribution in [0.5, 0.6) is 0 Å². The van der Waals surface area contributed by atoms with Gasteiger partial charge in [-0.2, -0.15) is 5.10 Å². The third-order valence-electron chi connectivity index (χ3n) is 2.97. The van der Waals surface area contributed by atoms with E-state index < -0.39 is 17.9 Å². The lowest BCUT2D eigenvalue weighted by Crippen LogP contribution is -2.38. The van der Waals surface area contributed by atoms with E-state index in [9.17, 15) is 14.7 Å². The van der Waals surface area contributed by atoms with Crippen LogP contribution in [0.25, 0.3) is 0 Å². The molecule has 4 N–H and O–H groups in total. The normalized spacial score (nSPS) is 11.6. The molecule has 0 saturated heterocycles. The van der Waals surface area contributed by atoms with Gasteiger partial charge < -0.3 is 15.7 Å². The zero-order valence-electron chi connectivity index (χ0n) is 11.2. The molecule has 1 atom stereocenters. The number of benzene rings is 1. The Labute approximate surface area is 121 Å². The third kappa shape index (κ3) is 4.34. The fourth-order valence-corrected chi connectivity index (χ4v) is 1.85. The molecule has 21 heavy (non-hydrogen) atoms. The molecular formula is C14H16N4O3. The molecule has 7 nitrogen and oxygen atoms in total. The lowest BCUT2D eigenvalue weighted by Gasteiger charge is -2.14. The molecule has 2 amide bonds. The summed E-state index contributed by atoms with van der Waals surface area (Å²) < 4.78 is 0. The summed E-state index contributed by atoms with van der Waals surface area (Å²) in [4.78, 5) is 22.9. The second-order valence-electron chi connectivity index (χ2n) is 4.47. The predicted octanol–water partition coefficient (Wildman–Crippen LogP) is 1.08. The van der Waals surface area contributed by atoms with Crippen LogP contribution in [0, 0.1) is 0 Å². The van der Waals surface area contributed by atoms with E-state index in [2.05, 4.69) is 20.8 Å². The van der Waals surface area contributed by atoms with Crippen LogP contribution < -0.4 is 10.6 Å². The van der Waals surface area contributed by atoms with Crippen molar-refractivity contribution in [3.8, 4) is 0 Å². The molecule has 0 aliphatic heterocycles. The topological polar surface area (TPSA) is 107 Å². The first-order valence-corrected chi connectivity index (χ1v) is 6.44. The van der Waals surface area contributed by atoms with Gasteiger partial charge in [0.05, 0.1) is 12.1 Å². The number of hydrogen-bond acceptors (Lipinski definition) is 3. The van der Waals surface area contributed by atoms with Crippen molar-refractivity contribution in [3.63, 3.8) is 0 Å². The Morgan fingerprint density at radius 1 is 1.24 bits per heavy atom. The van der Waals surface area contributed by atoms with Crippen LogP contribution >= 0.6 is 0 Å². The van der Waals surface area contributed by atoms with E-state index in [1.165, 1.54) is 0 Å². The summed E-state index contributed by atoms with van der Waals surface area (Å²) in [7, 11) is 0. The Hall–Kier alpha value is -2.83. The highest BCUT2D eigenvalue weighted by Gasteiger charge is 2.20. The molecule has 1 unspecified atom stereocenters. The number of hydrogen-bond donors (Lipinski definition) is 4. The predicted molar refractivity (Wildman–Crippen MR) is 75.6 cm³/mol. The molecule has 1 aromatic carbocycles. The van der Waals surface area contributed by atoms with Crippen LogP contribution in [0.15, 0.2) is 42.7 Å². The van der Waals surface area contributed by atoms with Crippen LogP contribution in [0.1, 0.15) is 17.0 Å². The second kappa shape index (κ2) is 7.09. The lowest BCUT2D eigenvalue weighted by atomic mass is 9.99. The first kappa shape index (κ1) is 14.6. The van der Waals surface area contributed by atoms with Gasteiger partial charge in [0.2, 0.25) is 0 Å². The van der Waals surface area contributed by atoms with Crippen LogP contribution in [-0.4, -0.2) is 33.8 Å². The van der Waals surface area contributed by atoms with Crippen LogP contribution in [0.3, 0.4) is 0 Å². The van der Waals surface area contributed by atoms with Gasteiger partial charge in [0, 0.05) is 24.8 Å². The average molecular weight is 288 g/mol. The van der Waals surface area contributed by atoms with Gasteiger partial charge in [-0.25, -0.2) is 4.79 Å². The Morgan fingerprint density at radius 3 is 2.62 bits per heavy atom. The van der Waals surface area contributed by atoms with E-state index in [-0.39, 0.29) is 6.54 Å². The van der Waals surface area contributed by atoms with Crippen molar-refractivity contribution < 1.29 is 14.7 Å². The number of H-pyrrole nitrogens is 1. The summed E-state index contributed by atoms with van der Waals surface area (Å²) >= 11 is 0. The summed E-state index contributed by atoms with van der Waals surface area (Å²) in [6, 6.07) is 8.38. The van der Waals surface area contributed by atoms with Gasteiger partial charge >= 0.3 is 12.0 Å². The molecule has 2 aromatic rings. The highest BCUT2D eigenvalue weighted by Crippen LogP contribution is 2.14. The summed E-state index contributed by atoms with van der Waals surface area (Å²) in [6.07, 6.45) is 3.27. The number of carbonyl (C=O) groups is 2. The number of nitrogens with zero attached hydrogens (tertiary/aromatic N) is 1. The van der Waals surface area contributed by atoms with Gasteiger partial charge in [0.15, 0.2) is 0 Å². The largest absolute Gasteiger partial charge is 0.481 e. The van der Waals surface area contributed by atoms with E-state index in [1.807, 2.05) is 6.07 Å². The number of carboxylic acid groups (broad SMARTS) is 1. The molecule has 2 rings (SSSR count). The first-order valence-electron chi connectivity index (χ1n) is 6.44. The van der Waals surface area contributed by atoms with Gasteiger partial charge in [0.1, 0.15) is 0 Å². The number of carbonyl (C=O) groups excluding carboxylic acids is 1. The molecule has 0 saturated carbocycles. The van der Waals surface area contributed by atoms with E-state index in [1.54, 1.807) is 36.7 Å². The number of aromatic amines is 1. The number of nitrogens with one attached hydrogen (secondary N) is 3. The number of aromatic nitrogens is 2. The second-order valence-corrected chi connectivity index (χ2v) is 4.47. The Kier molecular flexibility index (Phi) is 4.92. The lowest BCUT2D eigenvalue weighted by molar-refractivity contribution is -0.138. The van der Waals surface area contributed by atoms with Crippen molar-refractivity contribution in [2.75, 3.05) is 6.54 Å². The highest BCUT2D eigenvalue weighted by molar-refractivity contribution is 5.79. The maximum atomic E-state index is 11.7. The fraction of sp³-hybridized carbons (Fsp3) is 0.214. The number of urea groups is 1. The minimum atomic E-state index is -0.976. The molecular weight excluding hydrogens is 272 g/mol. The first-order chi connectivity index (χ1) is 10.2. The molecule has 0 radical (unpaired) electrons. The van der Waals surface area contributed by atoms with Crippen molar-refractivity contribution >= 4 is 12.0 Å². The van der Waals surface area contributed by atoms with Crippen LogP contribution in [0.4, 0.5) is 4.79 Å². The summed E-state index contributed by atoms with van der Waals surface area (Å²) in [5, 5.41) is 20.8. The zero-order valence-corrected chi connectivity index (χ0v) is 11.2. The van der Waals surface area contributed by atoms with E-state index >= 15 is 0 Å². The van der Waals surface area contributed by atoms with E-state index in [0.29, 0.717) is 12.1 Å². The van der Waals surface area contributed by atoms with Gasteiger partial charge in [-0.15, -0.1) is 0 Å². The minimum Gasteiger partial charge on any atom is -0.481 e. The SMILES string of the molecule is O=C(NCc1cn[nH]c1)NCC(C(=O)O)c1ccccc1. The standard InChI is InChI=1S/C14H16N4O3/c19-13(20)12(11-4-2-1-3-5-11)9-16-14(21)15-6-10-7-17-18-8-10/h1-5,7-8,12H,6,9H2,(H,17,18)(H,19,20)(H2,15,16,21). The molecule has 0 aliphatic rings.